The Hall–Kier alpha value is -2.07. The Bertz CT molecular complexity index is 555. The molecule has 0 aliphatic rings. The maximum Gasteiger partial charge on any atom is 0.169 e. The molecule has 0 saturated carbocycles. The van der Waals surface area contributed by atoms with Crippen LogP contribution in [0.2, 0.25) is 0 Å². The lowest BCUT2D eigenvalue weighted by atomic mass is 10.1. The zero-order chi connectivity index (χ0) is 14.4. The number of ether oxygens (including phenoxy) is 1. The maximum absolute atomic E-state index is 5.73. The molecule has 0 spiro atoms. The Morgan fingerprint density at radius 1 is 1.20 bits per heavy atom. The summed E-state index contributed by atoms with van der Waals surface area (Å²) in [4.78, 5) is 4.33. The van der Waals surface area contributed by atoms with Crippen molar-refractivity contribution < 1.29 is 4.74 Å². The Labute approximate surface area is 120 Å². The van der Waals surface area contributed by atoms with Crippen LogP contribution >= 0.6 is 0 Å². The quantitative estimate of drug-likeness (QED) is 0.848. The number of aromatic nitrogens is 1. The van der Waals surface area contributed by atoms with E-state index in [2.05, 4.69) is 22.4 Å². The second kappa shape index (κ2) is 6.91. The monoisotopic (exact) mass is 271 g/mol. The molecule has 4 heteroatoms. The summed E-state index contributed by atoms with van der Waals surface area (Å²) in [6, 6.07) is 12.0. The van der Waals surface area contributed by atoms with E-state index in [9.17, 15) is 0 Å². The minimum absolute atomic E-state index is 0.125. The van der Waals surface area contributed by atoms with Crippen molar-refractivity contribution in [3.05, 3.63) is 53.7 Å². The SMILES string of the molecule is CC(C)Oc1cccnc1NCc1cccc(CN)c1. The molecule has 1 aromatic heterocycles. The van der Waals surface area contributed by atoms with E-state index >= 15 is 0 Å². The second-order valence-electron chi connectivity index (χ2n) is 4.89. The van der Waals surface area contributed by atoms with Crippen LogP contribution < -0.4 is 15.8 Å². The van der Waals surface area contributed by atoms with Crippen LogP contribution in [0.25, 0.3) is 0 Å². The number of hydrogen-bond donors (Lipinski definition) is 2. The van der Waals surface area contributed by atoms with Gasteiger partial charge in [-0.3, -0.25) is 0 Å². The largest absolute Gasteiger partial charge is 0.487 e. The number of nitrogens with zero attached hydrogens (tertiary/aromatic N) is 1. The van der Waals surface area contributed by atoms with E-state index in [4.69, 9.17) is 10.5 Å². The number of nitrogens with two attached hydrogens (primary N) is 1. The number of rotatable bonds is 6. The van der Waals surface area contributed by atoms with Gasteiger partial charge < -0.3 is 15.8 Å². The van der Waals surface area contributed by atoms with Gasteiger partial charge in [-0.15, -0.1) is 0 Å². The summed E-state index contributed by atoms with van der Waals surface area (Å²) in [5.74, 6) is 1.54. The van der Waals surface area contributed by atoms with Crippen molar-refractivity contribution in [3.8, 4) is 5.75 Å². The minimum Gasteiger partial charge on any atom is -0.487 e. The number of benzene rings is 1. The summed E-state index contributed by atoms with van der Waals surface area (Å²) in [6.07, 6.45) is 1.88. The smallest absolute Gasteiger partial charge is 0.169 e. The minimum atomic E-state index is 0.125. The van der Waals surface area contributed by atoms with Crippen molar-refractivity contribution in [2.75, 3.05) is 5.32 Å². The molecule has 0 amide bonds. The number of anilines is 1. The van der Waals surface area contributed by atoms with Gasteiger partial charge in [-0.25, -0.2) is 4.98 Å². The zero-order valence-corrected chi connectivity index (χ0v) is 12.0. The first-order valence-electron chi connectivity index (χ1n) is 6.82. The molecule has 0 aliphatic carbocycles. The molecule has 2 rings (SSSR count). The highest BCUT2D eigenvalue weighted by Gasteiger charge is 2.06. The third-order valence-corrected chi connectivity index (χ3v) is 2.82. The first-order valence-corrected chi connectivity index (χ1v) is 6.82. The lowest BCUT2D eigenvalue weighted by molar-refractivity contribution is 0.243. The molecule has 0 saturated heterocycles. The van der Waals surface area contributed by atoms with Gasteiger partial charge in [0.2, 0.25) is 0 Å². The van der Waals surface area contributed by atoms with Crippen molar-refractivity contribution in [2.24, 2.45) is 5.73 Å². The van der Waals surface area contributed by atoms with Crippen LogP contribution in [0.3, 0.4) is 0 Å². The third kappa shape index (κ3) is 3.96. The van der Waals surface area contributed by atoms with Crippen LogP contribution in [-0.4, -0.2) is 11.1 Å². The third-order valence-electron chi connectivity index (χ3n) is 2.82. The van der Waals surface area contributed by atoms with Crippen molar-refractivity contribution >= 4 is 5.82 Å². The highest BCUT2D eigenvalue weighted by atomic mass is 16.5. The summed E-state index contributed by atoms with van der Waals surface area (Å²) in [5.41, 5.74) is 7.96. The zero-order valence-electron chi connectivity index (χ0n) is 12.0. The maximum atomic E-state index is 5.73. The fourth-order valence-corrected chi connectivity index (χ4v) is 1.92. The molecular formula is C16H21N3O. The first-order chi connectivity index (χ1) is 9.69. The van der Waals surface area contributed by atoms with Crippen LogP contribution in [0, 0.1) is 0 Å². The van der Waals surface area contributed by atoms with Gasteiger partial charge in [-0.1, -0.05) is 24.3 Å². The van der Waals surface area contributed by atoms with Crippen molar-refractivity contribution in [2.45, 2.75) is 33.0 Å². The lowest BCUT2D eigenvalue weighted by Crippen LogP contribution is -2.10. The molecule has 2 aromatic rings. The van der Waals surface area contributed by atoms with Crippen LogP contribution in [0.15, 0.2) is 42.6 Å². The van der Waals surface area contributed by atoms with Crippen molar-refractivity contribution in [1.82, 2.24) is 4.98 Å². The number of pyridine rings is 1. The van der Waals surface area contributed by atoms with Crippen LogP contribution in [0.1, 0.15) is 25.0 Å². The molecule has 3 N–H and O–H groups in total. The number of nitrogens with one attached hydrogen (secondary N) is 1. The summed E-state index contributed by atoms with van der Waals surface area (Å²) >= 11 is 0. The van der Waals surface area contributed by atoms with E-state index in [-0.39, 0.29) is 6.10 Å². The van der Waals surface area contributed by atoms with Gasteiger partial charge in [0.15, 0.2) is 11.6 Å². The molecule has 1 aromatic carbocycles. The lowest BCUT2D eigenvalue weighted by Gasteiger charge is -2.14. The van der Waals surface area contributed by atoms with Gasteiger partial charge in [0.25, 0.3) is 0 Å². The molecule has 0 unspecified atom stereocenters. The molecule has 0 bridgehead atoms. The molecule has 4 nitrogen and oxygen atoms in total. The van der Waals surface area contributed by atoms with Crippen LogP contribution in [-0.2, 0) is 13.1 Å². The fraction of sp³-hybridized carbons (Fsp3) is 0.312. The second-order valence-corrected chi connectivity index (χ2v) is 4.89. The topological polar surface area (TPSA) is 60.2 Å². The summed E-state index contributed by atoms with van der Waals surface area (Å²) in [7, 11) is 0. The van der Waals surface area contributed by atoms with Gasteiger partial charge in [0.05, 0.1) is 6.10 Å². The molecule has 106 valence electrons. The fourth-order valence-electron chi connectivity index (χ4n) is 1.92. The van der Waals surface area contributed by atoms with E-state index in [1.807, 2.05) is 38.1 Å². The highest BCUT2D eigenvalue weighted by Crippen LogP contribution is 2.22. The molecular weight excluding hydrogens is 250 g/mol. The van der Waals surface area contributed by atoms with Gasteiger partial charge in [-0.05, 0) is 37.1 Å². The highest BCUT2D eigenvalue weighted by molar-refractivity contribution is 5.50. The molecule has 0 atom stereocenters. The van der Waals surface area contributed by atoms with Gasteiger partial charge in [0.1, 0.15) is 0 Å². The van der Waals surface area contributed by atoms with Gasteiger partial charge in [0, 0.05) is 19.3 Å². The normalized spacial score (nSPS) is 10.6. The van der Waals surface area contributed by atoms with Crippen molar-refractivity contribution in [1.29, 1.82) is 0 Å². The summed E-state index contributed by atoms with van der Waals surface area (Å²) in [5, 5.41) is 3.31. The molecule has 1 heterocycles. The predicted molar refractivity (Wildman–Crippen MR) is 81.7 cm³/mol. The predicted octanol–water partition coefficient (Wildman–Crippen LogP) is 2.94. The van der Waals surface area contributed by atoms with E-state index < -0.39 is 0 Å². The van der Waals surface area contributed by atoms with Crippen LogP contribution in [0.4, 0.5) is 5.82 Å². The Morgan fingerprint density at radius 2 is 2.00 bits per heavy atom. The van der Waals surface area contributed by atoms with Gasteiger partial charge >= 0.3 is 0 Å². The average Bonchev–Trinajstić information content (AvgIpc) is 2.46. The standard InChI is InChI=1S/C16H21N3O/c1-12(2)20-15-7-4-8-18-16(15)19-11-14-6-3-5-13(9-14)10-17/h3-9,12H,10-11,17H2,1-2H3,(H,18,19). The Balaban J connectivity index is 2.06. The van der Waals surface area contributed by atoms with Gasteiger partial charge in [-0.2, -0.15) is 0 Å². The van der Waals surface area contributed by atoms with E-state index in [0.717, 1.165) is 17.1 Å². The molecule has 0 fully saturated rings. The summed E-state index contributed by atoms with van der Waals surface area (Å²) in [6.45, 7) is 5.25. The molecule has 0 radical (unpaired) electrons. The number of hydrogen-bond acceptors (Lipinski definition) is 4. The van der Waals surface area contributed by atoms with Crippen molar-refractivity contribution in [3.63, 3.8) is 0 Å². The Kier molecular flexibility index (Phi) is 4.96. The van der Waals surface area contributed by atoms with E-state index in [0.29, 0.717) is 13.1 Å². The first kappa shape index (κ1) is 14.3. The molecule has 20 heavy (non-hydrogen) atoms. The summed E-state index contributed by atoms with van der Waals surface area (Å²) < 4.78 is 5.73. The average molecular weight is 271 g/mol. The van der Waals surface area contributed by atoms with Crippen LogP contribution in [0.5, 0.6) is 5.75 Å². The van der Waals surface area contributed by atoms with E-state index in [1.165, 1.54) is 5.56 Å². The molecule has 0 aliphatic heterocycles. The van der Waals surface area contributed by atoms with E-state index in [1.54, 1.807) is 6.20 Å². The Morgan fingerprint density at radius 3 is 2.75 bits per heavy atom.